The van der Waals surface area contributed by atoms with Crippen LogP contribution in [0.1, 0.15) is 26.2 Å². The molecular weight excluding hydrogens is 289 g/mol. The van der Waals surface area contributed by atoms with Crippen molar-refractivity contribution in [3.63, 3.8) is 0 Å². The predicted octanol–water partition coefficient (Wildman–Crippen LogP) is 4.12. The molecule has 0 radical (unpaired) electrons. The monoisotopic (exact) mass is 300 g/mol. The number of aliphatic hydroxyl groups is 1. The highest BCUT2D eigenvalue weighted by atomic mass is 35.5. The van der Waals surface area contributed by atoms with Crippen molar-refractivity contribution < 1.29 is 5.11 Å². The first-order valence-corrected chi connectivity index (χ1v) is 6.25. The summed E-state index contributed by atoms with van der Waals surface area (Å²) in [4.78, 5) is 0. The van der Waals surface area contributed by atoms with E-state index in [4.69, 9.17) is 63.1 Å². The van der Waals surface area contributed by atoms with E-state index in [1.165, 1.54) is 0 Å². The van der Waals surface area contributed by atoms with Crippen LogP contribution in [0, 0.1) is 0 Å². The number of halogens is 5. The lowest BCUT2D eigenvalue weighted by Crippen LogP contribution is -2.46. The van der Waals surface area contributed by atoms with Crippen LogP contribution in [0.15, 0.2) is 0 Å². The maximum atomic E-state index is 8.91. The summed E-state index contributed by atoms with van der Waals surface area (Å²) in [5, 5.41) is 8.32. The van der Waals surface area contributed by atoms with Crippen LogP contribution >= 0.6 is 58.0 Å². The van der Waals surface area contributed by atoms with Crippen molar-refractivity contribution in [2.75, 3.05) is 6.61 Å². The summed E-state index contributed by atoms with van der Waals surface area (Å²) in [5.41, 5.74) is 0. The maximum absolute atomic E-state index is 8.91. The Morgan fingerprint density at radius 3 is 2.07 bits per heavy atom. The predicted molar refractivity (Wildman–Crippen MR) is 65.1 cm³/mol. The summed E-state index contributed by atoms with van der Waals surface area (Å²) in [5.74, 6) is 0. The quantitative estimate of drug-likeness (QED) is 0.732. The van der Waals surface area contributed by atoms with Gasteiger partial charge in [-0.1, -0.05) is 66.2 Å². The summed E-state index contributed by atoms with van der Waals surface area (Å²) in [6.07, 6.45) is 2.46. The second-order valence-electron chi connectivity index (χ2n) is 3.10. The van der Waals surface area contributed by atoms with Crippen LogP contribution in [-0.2, 0) is 0 Å². The molecule has 0 heterocycles. The van der Waals surface area contributed by atoms with Gasteiger partial charge in [-0.3, -0.25) is 0 Å². The molecule has 0 aromatic rings. The highest BCUT2D eigenvalue weighted by Crippen LogP contribution is 2.47. The van der Waals surface area contributed by atoms with E-state index in [1.807, 2.05) is 6.92 Å². The summed E-state index contributed by atoms with van der Waals surface area (Å²) < 4.78 is -3.20. The van der Waals surface area contributed by atoms with E-state index in [2.05, 4.69) is 0 Å². The van der Waals surface area contributed by atoms with Crippen molar-refractivity contribution in [2.45, 2.75) is 40.2 Å². The smallest absolute Gasteiger partial charge is 0.175 e. The van der Waals surface area contributed by atoms with Crippen LogP contribution in [0.4, 0.5) is 0 Å². The number of aliphatic hydroxyl groups excluding tert-OH is 1. The molecule has 0 aliphatic rings. The van der Waals surface area contributed by atoms with Gasteiger partial charge in [0, 0.05) is 0 Å². The highest BCUT2D eigenvalue weighted by Gasteiger charge is 2.51. The molecule has 1 N–H and O–H groups in total. The van der Waals surface area contributed by atoms with E-state index < -0.39 is 20.7 Å². The largest absolute Gasteiger partial charge is 0.393 e. The number of unbranched alkanes of at least 4 members (excludes halogenated alkanes) is 1. The normalized spacial score (nSPS) is 15.6. The Balaban J connectivity index is 4.43. The standard InChI is InChI=1S/C8H13Cl5O/c1-2-3-4-6(9)8(12,13)7(10,11)5-14/h6,14H,2-5H2,1H3. The van der Waals surface area contributed by atoms with Crippen molar-refractivity contribution in [3.05, 3.63) is 0 Å². The molecule has 0 bridgehead atoms. The Hall–Kier alpha value is 1.41. The molecule has 0 saturated carbocycles. The maximum Gasteiger partial charge on any atom is 0.175 e. The van der Waals surface area contributed by atoms with Gasteiger partial charge in [0.15, 0.2) is 8.67 Å². The van der Waals surface area contributed by atoms with E-state index in [1.54, 1.807) is 0 Å². The topological polar surface area (TPSA) is 20.2 Å². The summed E-state index contributed by atoms with van der Waals surface area (Å²) in [7, 11) is 0. The van der Waals surface area contributed by atoms with Crippen molar-refractivity contribution in [3.8, 4) is 0 Å². The van der Waals surface area contributed by atoms with Gasteiger partial charge in [-0.15, -0.1) is 11.6 Å². The number of hydrogen-bond acceptors (Lipinski definition) is 1. The van der Waals surface area contributed by atoms with Gasteiger partial charge in [0.2, 0.25) is 0 Å². The van der Waals surface area contributed by atoms with Crippen LogP contribution in [0.2, 0.25) is 0 Å². The zero-order valence-electron chi connectivity index (χ0n) is 7.74. The summed E-state index contributed by atoms with van der Waals surface area (Å²) >= 11 is 29.3. The molecule has 86 valence electrons. The molecule has 0 aliphatic heterocycles. The fourth-order valence-corrected chi connectivity index (χ4v) is 1.95. The van der Waals surface area contributed by atoms with Gasteiger partial charge in [0.25, 0.3) is 0 Å². The zero-order valence-corrected chi connectivity index (χ0v) is 11.5. The zero-order chi connectivity index (χ0) is 11.4. The lowest BCUT2D eigenvalue weighted by Gasteiger charge is -2.34. The fraction of sp³-hybridized carbons (Fsp3) is 1.00. The molecule has 0 spiro atoms. The SMILES string of the molecule is CCCCC(Cl)C(Cl)(Cl)C(Cl)(Cl)CO. The van der Waals surface area contributed by atoms with Gasteiger partial charge in [0.1, 0.15) is 0 Å². The highest BCUT2D eigenvalue weighted by molar-refractivity contribution is 6.64. The Labute approximate surface area is 110 Å². The molecule has 0 fully saturated rings. The van der Waals surface area contributed by atoms with E-state index in [9.17, 15) is 0 Å². The van der Waals surface area contributed by atoms with E-state index in [-0.39, 0.29) is 0 Å². The van der Waals surface area contributed by atoms with Crippen LogP contribution in [-0.4, -0.2) is 25.8 Å². The molecule has 1 nitrogen and oxygen atoms in total. The van der Waals surface area contributed by atoms with Crippen molar-refractivity contribution >= 4 is 58.0 Å². The van der Waals surface area contributed by atoms with Crippen LogP contribution < -0.4 is 0 Å². The second-order valence-corrected chi connectivity index (χ2v) is 6.49. The Kier molecular flexibility index (Phi) is 6.85. The average molecular weight is 302 g/mol. The number of alkyl halides is 5. The molecule has 0 aromatic heterocycles. The molecular formula is C8H13Cl5O. The molecule has 14 heavy (non-hydrogen) atoms. The summed E-state index contributed by atoms with van der Waals surface area (Å²) in [6.45, 7) is 1.48. The molecule has 0 rings (SSSR count). The lowest BCUT2D eigenvalue weighted by atomic mass is 10.1. The third kappa shape index (κ3) is 3.77. The van der Waals surface area contributed by atoms with Gasteiger partial charge < -0.3 is 5.11 Å². The minimum absolute atomic E-state index is 0.543. The minimum atomic E-state index is -1.64. The van der Waals surface area contributed by atoms with E-state index in [0.717, 1.165) is 12.8 Å². The van der Waals surface area contributed by atoms with Gasteiger partial charge in [-0.2, -0.15) is 0 Å². The first-order chi connectivity index (χ1) is 6.29. The van der Waals surface area contributed by atoms with Gasteiger partial charge >= 0.3 is 0 Å². The van der Waals surface area contributed by atoms with Crippen LogP contribution in [0.5, 0.6) is 0 Å². The van der Waals surface area contributed by atoms with Crippen LogP contribution in [0.25, 0.3) is 0 Å². The molecule has 0 saturated heterocycles. The van der Waals surface area contributed by atoms with Crippen molar-refractivity contribution in [1.82, 2.24) is 0 Å². The Bertz CT molecular complexity index is 171. The third-order valence-electron chi connectivity index (χ3n) is 1.89. The van der Waals surface area contributed by atoms with Crippen molar-refractivity contribution in [1.29, 1.82) is 0 Å². The summed E-state index contributed by atoms with van der Waals surface area (Å²) in [6, 6.07) is 0. The number of hydrogen-bond donors (Lipinski definition) is 1. The van der Waals surface area contributed by atoms with Gasteiger partial charge in [-0.25, -0.2) is 0 Å². The van der Waals surface area contributed by atoms with Gasteiger partial charge in [0.05, 0.1) is 12.0 Å². The molecule has 0 amide bonds. The molecule has 1 unspecified atom stereocenters. The molecule has 6 heteroatoms. The third-order valence-corrected chi connectivity index (χ3v) is 5.05. The molecule has 0 aliphatic carbocycles. The fourth-order valence-electron chi connectivity index (χ4n) is 0.899. The number of rotatable bonds is 6. The van der Waals surface area contributed by atoms with Crippen LogP contribution in [0.3, 0.4) is 0 Å². The van der Waals surface area contributed by atoms with E-state index >= 15 is 0 Å². The minimum Gasteiger partial charge on any atom is -0.393 e. The Morgan fingerprint density at radius 2 is 1.71 bits per heavy atom. The molecule has 1 atom stereocenters. The van der Waals surface area contributed by atoms with Crippen molar-refractivity contribution in [2.24, 2.45) is 0 Å². The average Bonchev–Trinajstić information content (AvgIpc) is 2.13. The Morgan fingerprint density at radius 1 is 1.21 bits per heavy atom. The second kappa shape index (κ2) is 6.22. The first kappa shape index (κ1) is 15.4. The lowest BCUT2D eigenvalue weighted by molar-refractivity contribution is 0.267. The molecule has 0 aromatic carbocycles. The first-order valence-electron chi connectivity index (χ1n) is 4.30. The van der Waals surface area contributed by atoms with Gasteiger partial charge in [-0.05, 0) is 6.42 Å². The van der Waals surface area contributed by atoms with E-state index in [0.29, 0.717) is 6.42 Å².